The van der Waals surface area contributed by atoms with Crippen molar-refractivity contribution in [2.75, 3.05) is 11.4 Å². The lowest BCUT2D eigenvalue weighted by Crippen LogP contribution is -2.20. The van der Waals surface area contributed by atoms with Gasteiger partial charge in [-0.05, 0) is 6.07 Å². The SMILES string of the molecule is CN1c2cc(Cl)cnc2CS1(=O)=O. The predicted molar refractivity (Wildman–Crippen MR) is 50.3 cm³/mol. The van der Waals surface area contributed by atoms with Crippen LogP contribution in [-0.2, 0) is 15.8 Å². The van der Waals surface area contributed by atoms with Crippen molar-refractivity contribution in [1.29, 1.82) is 0 Å². The highest BCUT2D eigenvalue weighted by molar-refractivity contribution is 7.92. The Balaban J connectivity index is 2.64. The molecule has 0 saturated carbocycles. The zero-order chi connectivity index (χ0) is 9.64. The molecule has 1 aliphatic heterocycles. The first-order chi connectivity index (χ1) is 6.00. The average molecular weight is 219 g/mol. The molecule has 70 valence electrons. The lowest BCUT2D eigenvalue weighted by Gasteiger charge is -2.09. The van der Waals surface area contributed by atoms with Gasteiger partial charge >= 0.3 is 0 Å². The summed E-state index contributed by atoms with van der Waals surface area (Å²) in [6, 6.07) is 1.61. The van der Waals surface area contributed by atoms with E-state index < -0.39 is 10.0 Å². The molecule has 13 heavy (non-hydrogen) atoms. The summed E-state index contributed by atoms with van der Waals surface area (Å²) >= 11 is 5.70. The molecule has 0 atom stereocenters. The fourth-order valence-electron chi connectivity index (χ4n) is 1.26. The molecule has 4 nitrogen and oxygen atoms in total. The fraction of sp³-hybridized carbons (Fsp3) is 0.286. The van der Waals surface area contributed by atoms with E-state index in [2.05, 4.69) is 4.98 Å². The summed E-state index contributed by atoms with van der Waals surface area (Å²) in [4.78, 5) is 3.95. The van der Waals surface area contributed by atoms with Crippen molar-refractivity contribution < 1.29 is 8.42 Å². The molecule has 2 rings (SSSR count). The summed E-state index contributed by atoms with van der Waals surface area (Å²) in [6.45, 7) is 0. The van der Waals surface area contributed by atoms with E-state index in [1.54, 1.807) is 6.07 Å². The van der Waals surface area contributed by atoms with Gasteiger partial charge in [0.1, 0.15) is 5.75 Å². The van der Waals surface area contributed by atoms with Crippen molar-refractivity contribution in [2.45, 2.75) is 5.75 Å². The Morgan fingerprint density at radius 1 is 1.62 bits per heavy atom. The molecule has 0 bridgehead atoms. The normalized spacial score (nSPS) is 18.8. The third-order valence-electron chi connectivity index (χ3n) is 1.99. The van der Waals surface area contributed by atoms with Crippen LogP contribution in [0.4, 0.5) is 5.69 Å². The topological polar surface area (TPSA) is 50.3 Å². The molecule has 0 radical (unpaired) electrons. The van der Waals surface area contributed by atoms with Gasteiger partial charge in [0, 0.05) is 13.2 Å². The van der Waals surface area contributed by atoms with E-state index in [-0.39, 0.29) is 5.75 Å². The molecule has 1 aliphatic rings. The van der Waals surface area contributed by atoms with Crippen LogP contribution in [0.5, 0.6) is 0 Å². The second-order valence-electron chi connectivity index (χ2n) is 2.84. The van der Waals surface area contributed by atoms with Gasteiger partial charge in [-0.25, -0.2) is 8.42 Å². The predicted octanol–water partition coefficient (Wildman–Crippen LogP) is 1.01. The summed E-state index contributed by atoms with van der Waals surface area (Å²) in [5, 5.41) is 0.447. The first-order valence-corrected chi connectivity index (χ1v) is 5.60. The second-order valence-corrected chi connectivity index (χ2v) is 5.28. The van der Waals surface area contributed by atoms with Crippen molar-refractivity contribution in [3.8, 4) is 0 Å². The molecule has 1 aromatic heterocycles. The van der Waals surface area contributed by atoms with Crippen LogP contribution in [0.3, 0.4) is 0 Å². The minimum Gasteiger partial charge on any atom is -0.271 e. The number of rotatable bonds is 0. The lowest BCUT2D eigenvalue weighted by atomic mass is 10.3. The van der Waals surface area contributed by atoms with Crippen LogP contribution < -0.4 is 4.31 Å². The zero-order valence-electron chi connectivity index (χ0n) is 6.86. The molecule has 0 unspecified atom stereocenters. The van der Waals surface area contributed by atoms with Crippen molar-refractivity contribution in [1.82, 2.24) is 4.98 Å². The molecule has 0 N–H and O–H groups in total. The zero-order valence-corrected chi connectivity index (χ0v) is 8.43. The van der Waals surface area contributed by atoms with Crippen molar-refractivity contribution in [2.24, 2.45) is 0 Å². The highest BCUT2D eigenvalue weighted by Gasteiger charge is 2.31. The Morgan fingerprint density at radius 3 is 3.00 bits per heavy atom. The monoisotopic (exact) mass is 218 g/mol. The number of aromatic nitrogens is 1. The van der Waals surface area contributed by atoms with E-state index in [0.29, 0.717) is 16.4 Å². The number of sulfonamides is 1. The minimum absolute atomic E-state index is 0.0317. The molecular formula is C7H7ClN2O2S. The Hall–Kier alpha value is -0.810. The lowest BCUT2D eigenvalue weighted by molar-refractivity contribution is 0.596. The Morgan fingerprint density at radius 2 is 2.31 bits per heavy atom. The number of pyridine rings is 1. The van der Waals surface area contributed by atoms with E-state index in [0.717, 1.165) is 0 Å². The van der Waals surface area contributed by atoms with Crippen LogP contribution in [0, 0.1) is 0 Å². The highest BCUT2D eigenvalue weighted by atomic mass is 35.5. The van der Waals surface area contributed by atoms with Gasteiger partial charge in [0.25, 0.3) is 0 Å². The fourth-order valence-corrected chi connectivity index (χ4v) is 2.63. The van der Waals surface area contributed by atoms with Crippen LogP contribution in [0.25, 0.3) is 0 Å². The molecule has 0 amide bonds. The van der Waals surface area contributed by atoms with Crippen LogP contribution in [-0.4, -0.2) is 20.4 Å². The standard InChI is InChI=1S/C7H7ClN2O2S/c1-10-7-2-5(8)3-9-6(7)4-13(10,11)12/h2-3H,4H2,1H3. The summed E-state index contributed by atoms with van der Waals surface area (Å²) in [5.74, 6) is -0.0317. The van der Waals surface area contributed by atoms with Crippen LogP contribution in [0.1, 0.15) is 5.69 Å². The van der Waals surface area contributed by atoms with E-state index in [1.807, 2.05) is 0 Å². The number of hydrogen-bond acceptors (Lipinski definition) is 3. The van der Waals surface area contributed by atoms with E-state index >= 15 is 0 Å². The number of fused-ring (bicyclic) bond motifs is 1. The third-order valence-corrected chi connectivity index (χ3v) is 3.87. The number of hydrogen-bond donors (Lipinski definition) is 0. The molecule has 0 saturated heterocycles. The van der Waals surface area contributed by atoms with Crippen LogP contribution >= 0.6 is 11.6 Å². The highest BCUT2D eigenvalue weighted by Crippen LogP contribution is 2.31. The largest absolute Gasteiger partial charge is 0.271 e. The average Bonchev–Trinajstić information content (AvgIpc) is 2.26. The van der Waals surface area contributed by atoms with Crippen LogP contribution in [0.2, 0.25) is 5.02 Å². The maximum Gasteiger partial charge on any atom is 0.240 e. The van der Waals surface area contributed by atoms with Crippen molar-refractivity contribution in [3.63, 3.8) is 0 Å². The molecule has 6 heteroatoms. The molecule has 1 aromatic rings. The van der Waals surface area contributed by atoms with Gasteiger partial charge in [-0.15, -0.1) is 0 Å². The number of anilines is 1. The van der Waals surface area contributed by atoms with Gasteiger partial charge in [0.15, 0.2) is 0 Å². The Kier molecular flexibility index (Phi) is 1.75. The summed E-state index contributed by atoms with van der Waals surface area (Å²) in [7, 11) is -1.69. The van der Waals surface area contributed by atoms with Crippen molar-refractivity contribution >= 4 is 27.3 Å². The first-order valence-electron chi connectivity index (χ1n) is 3.62. The number of halogens is 1. The molecule has 0 aliphatic carbocycles. The third kappa shape index (κ3) is 1.28. The van der Waals surface area contributed by atoms with Gasteiger partial charge in [0.05, 0.1) is 16.4 Å². The smallest absolute Gasteiger partial charge is 0.240 e. The number of nitrogens with zero attached hydrogens (tertiary/aromatic N) is 2. The maximum atomic E-state index is 11.4. The minimum atomic E-state index is -3.19. The van der Waals surface area contributed by atoms with Gasteiger partial charge in [-0.1, -0.05) is 11.6 Å². The van der Waals surface area contributed by atoms with Gasteiger partial charge in [-0.2, -0.15) is 0 Å². The second kappa shape index (κ2) is 2.59. The molecular weight excluding hydrogens is 212 g/mol. The molecule has 0 aromatic carbocycles. The van der Waals surface area contributed by atoms with E-state index in [9.17, 15) is 8.42 Å². The quantitative estimate of drug-likeness (QED) is 0.653. The summed E-state index contributed by atoms with van der Waals surface area (Å²) in [5.41, 5.74) is 1.14. The van der Waals surface area contributed by atoms with Gasteiger partial charge < -0.3 is 0 Å². The van der Waals surface area contributed by atoms with Crippen LogP contribution in [0.15, 0.2) is 12.3 Å². The van der Waals surface area contributed by atoms with E-state index in [4.69, 9.17) is 11.6 Å². The summed E-state index contributed by atoms with van der Waals surface area (Å²) in [6.07, 6.45) is 1.45. The Labute approximate surface area is 81.2 Å². The molecule has 0 spiro atoms. The molecule has 0 fully saturated rings. The van der Waals surface area contributed by atoms with Crippen molar-refractivity contribution in [3.05, 3.63) is 23.0 Å². The van der Waals surface area contributed by atoms with Gasteiger partial charge in [-0.3, -0.25) is 9.29 Å². The molecule has 2 heterocycles. The first kappa shape index (κ1) is 8.77. The van der Waals surface area contributed by atoms with Gasteiger partial charge in [0.2, 0.25) is 10.0 Å². The maximum absolute atomic E-state index is 11.4. The van der Waals surface area contributed by atoms with E-state index in [1.165, 1.54) is 17.5 Å². The summed E-state index contributed by atoms with van der Waals surface area (Å²) < 4.78 is 24.0. The Bertz CT molecular complexity index is 458.